The van der Waals surface area contributed by atoms with Crippen molar-refractivity contribution in [3.05, 3.63) is 0 Å². The Morgan fingerprint density at radius 3 is 1.66 bits per heavy atom. The maximum absolute atomic E-state index is 5.50. The zero-order chi connectivity index (χ0) is 52.8. The second-order valence-electron chi connectivity index (χ2n) is 21.7. The second kappa shape index (κ2) is 42.4. The third-order valence-electron chi connectivity index (χ3n) is 15.2. The van der Waals surface area contributed by atoms with E-state index in [1.165, 1.54) is 82.5 Å². The minimum Gasteiger partial charge on any atom is -0.384 e. The van der Waals surface area contributed by atoms with Crippen LogP contribution in [-0.4, -0.2) is 150 Å². The summed E-state index contributed by atoms with van der Waals surface area (Å²) in [5, 5.41) is 0. The molecular formula is C59H114O14. The molecule has 10 fully saturated rings. The second-order valence-corrected chi connectivity index (χ2v) is 21.7. The Labute approximate surface area is 446 Å². The van der Waals surface area contributed by atoms with Crippen LogP contribution < -0.4 is 0 Å². The molecule has 434 valence electrons. The van der Waals surface area contributed by atoms with E-state index in [0.29, 0.717) is 25.1 Å². The highest BCUT2D eigenvalue weighted by atomic mass is 16.8. The monoisotopic (exact) mass is 1050 g/mol. The first-order chi connectivity index (χ1) is 35.7. The summed E-state index contributed by atoms with van der Waals surface area (Å²) in [5.41, 5.74) is 0.104. The normalized spacial score (nSPS) is 29.5. The van der Waals surface area contributed by atoms with Gasteiger partial charge in [0.1, 0.15) is 19.5 Å². The minimum absolute atomic E-state index is 0.0972. The van der Waals surface area contributed by atoms with E-state index in [1.54, 1.807) is 32.8 Å². The van der Waals surface area contributed by atoms with Gasteiger partial charge in [-0.1, -0.05) is 114 Å². The van der Waals surface area contributed by atoms with Crippen molar-refractivity contribution in [1.29, 1.82) is 0 Å². The van der Waals surface area contributed by atoms with Crippen LogP contribution in [0.25, 0.3) is 0 Å². The van der Waals surface area contributed by atoms with E-state index in [1.807, 2.05) is 0 Å². The predicted octanol–water partition coefficient (Wildman–Crippen LogP) is 12.7. The highest BCUT2D eigenvalue weighted by Gasteiger charge is 2.44. The molecule has 0 aromatic carbocycles. The fourth-order valence-corrected chi connectivity index (χ4v) is 9.73. The van der Waals surface area contributed by atoms with Crippen LogP contribution in [0.4, 0.5) is 0 Å². The lowest BCUT2D eigenvalue weighted by atomic mass is 9.80. The molecule has 9 atom stereocenters. The van der Waals surface area contributed by atoms with Crippen LogP contribution in [0.3, 0.4) is 0 Å². The molecule has 7 saturated heterocycles. The van der Waals surface area contributed by atoms with Crippen LogP contribution in [0, 0.1) is 35.0 Å². The fraction of sp³-hybridized carbons (Fsp3) is 1.00. The molecule has 0 aromatic heterocycles. The standard InChI is InChI=1S/C10H18O.C10H18.C8H16O3.2C7H14O2.2C6H12O2.C5H10O2/c1-3-7(2)8-4-5-9-10(6-8)11-9;1-2-3-8-4-5-9-7-10(9)6-8;1-3-8(4-9-2)5-10-7-11-6-8;1-2-3-4-8-5-7-6-9-7;1-2-3-4-7-8-5-6-9-7;1-2-3-6-7-4-5-8-6;1-2-3-4-7-6-5-8-6;1-2-5-6-3-4-7-5/h7-10H,3-6H2,1-2H3;8-10H,2-7H2,1H3;3-7H2,1-2H3;2*7H,2-6H2,1H3;2*6H,2-5H2,1H3;5H,2-4H2,1H3. The molecule has 0 N–H and O–H groups in total. The fourth-order valence-electron chi connectivity index (χ4n) is 9.73. The summed E-state index contributed by atoms with van der Waals surface area (Å²) >= 11 is 0. The van der Waals surface area contributed by atoms with Gasteiger partial charge in [-0.05, 0) is 113 Å². The third-order valence-corrected chi connectivity index (χ3v) is 15.2. The molecule has 0 radical (unpaired) electrons. The van der Waals surface area contributed by atoms with Crippen molar-refractivity contribution in [2.75, 3.05) is 106 Å². The number of methoxy groups -OCH3 is 1. The lowest BCUT2D eigenvalue weighted by molar-refractivity contribution is -0.179. The van der Waals surface area contributed by atoms with E-state index in [0.717, 1.165) is 149 Å². The summed E-state index contributed by atoms with van der Waals surface area (Å²) in [6, 6.07) is 0. The average molecular weight is 1050 g/mol. The smallest absolute Gasteiger partial charge is 0.181 e. The number of ether oxygens (including phenoxy) is 14. The van der Waals surface area contributed by atoms with Crippen molar-refractivity contribution in [2.45, 2.75) is 241 Å². The van der Waals surface area contributed by atoms with Gasteiger partial charge in [-0.25, -0.2) is 0 Å². The number of hydrogen-bond donors (Lipinski definition) is 0. The molecule has 14 heteroatoms. The molecule has 10 rings (SSSR count). The summed E-state index contributed by atoms with van der Waals surface area (Å²) in [4.78, 5) is 0. The van der Waals surface area contributed by atoms with E-state index in [4.69, 9.17) is 66.3 Å². The Balaban J connectivity index is 0.000000221. The van der Waals surface area contributed by atoms with Gasteiger partial charge in [0.25, 0.3) is 0 Å². The predicted molar refractivity (Wildman–Crippen MR) is 289 cm³/mol. The molecule has 7 aliphatic heterocycles. The third kappa shape index (κ3) is 32.8. The van der Waals surface area contributed by atoms with Gasteiger partial charge < -0.3 is 66.3 Å². The van der Waals surface area contributed by atoms with Gasteiger partial charge in [-0.15, -0.1) is 0 Å². The van der Waals surface area contributed by atoms with Crippen molar-refractivity contribution in [3.8, 4) is 0 Å². The van der Waals surface area contributed by atoms with Crippen LogP contribution >= 0.6 is 0 Å². The summed E-state index contributed by atoms with van der Waals surface area (Å²) in [6.45, 7) is 31.5. The zero-order valence-electron chi connectivity index (χ0n) is 48.6. The van der Waals surface area contributed by atoms with Crippen LogP contribution in [0.2, 0.25) is 0 Å². The molecule has 0 spiro atoms. The first kappa shape index (κ1) is 66.7. The SMILES string of the molecule is CCC(C)C1CCC2OC2C1.CCC1(COC)COCOC1.CCC1OCCO1.CCCC1CCC2CC2C1.CCCC1OCCO1.CCCCC1OCCO1.CCCCOC1CO1.CCCCOCC1CO1. The summed E-state index contributed by atoms with van der Waals surface area (Å²) < 4.78 is 72.3. The van der Waals surface area contributed by atoms with E-state index >= 15 is 0 Å². The highest BCUT2D eigenvalue weighted by Crippen LogP contribution is 2.52. The molecule has 7 heterocycles. The van der Waals surface area contributed by atoms with E-state index in [9.17, 15) is 0 Å². The average Bonchev–Trinajstić information content (AvgIpc) is 4.38. The van der Waals surface area contributed by atoms with Gasteiger partial charge in [0.05, 0.1) is 84.9 Å². The Hall–Kier alpha value is -0.560. The van der Waals surface area contributed by atoms with Crippen molar-refractivity contribution in [3.63, 3.8) is 0 Å². The van der Waals surface area contributed by atoms with Gasteiger partial charge in [0.2, 0.25) is 0 Å². The molecule has 0 bridgehead atoms. The summed E-state index contributed by atoms with van der Waals surface area (Å²) in [5.74, 6) is 5.37. The molecule has 3 aliphatic carbocycles. The molecule has 0 aromatic rings. The van der Waals surface area contributed by atoms with Crippen molar-refractivity contribution >= 4 is 0 Å². The van der Waals surface area contributed by atoms with Crippen molar-refractivity contribution in [2.24, 2.45) is 35.0 Å². The first-order valence-electron chi connectivity index (χ1n) is 30.1. The van der Waals surface area contributed by atoms with Crippen LogP contribution in [0.15, 0.2) is 0 Å². The quantitative estimate of drug-likeness (QED) is 0.0750. The van der Waals surface area contributed by atoms with Crippen molar-refractivity contribution < 1.29 is 66.3 Å². The summed E-state index contributed by atoms with van der Waals surface area (Å²) in [7, 11) is 1.71. The maximum atomic E-state index is 5.50. The van der Waals surface area contributed by atoms with Crippen LogP contribution in [0.5, 0.6) is 0 Å². The van der Waals surface area contributed by atoms with Gasteiger partial charge in [0.15, 0.2) is 25.2 Å². The molecule has 73 heavy (non-hydrogen) atoms. The number of hydrogen-bond acceptors (Lipinski definition) is 14. The Bertz CT molecular complexity index is 1210. The zero-order valence-corrected chi connectivity index (χ0v) is 48.6. The van der Waals surface area contributed by atoms with Gasteiger partial charge in [0, 0.05) is 25.7 Å². The first-order valence-corrected chi connectivity index (χ1v) is 30.1. The Morgan fingerprint density at radius 1 is 0.562 bits per heavy atom. The molecule has 14 nitrogen and oxygen atoms in total. The molecule has 0 amide bonds. The van der Waals surface area contributed by atoms with Crippen LogP contribution in [0.1, 0.15) is 197 Å². The molecule has 3 saturated carbocycles. The minimum atomic E-state index is 0.0972. The molecule has 10 aliphatic rings. The van der Waals surface area contributed by atoms with E-state index in [-0.39, 0.29) is 30.6 Å². The van der Waals surface area contributed by atoms with Gasteiger partial charge >= 0.3 is 0 Å². The molecule has 9 unspecified atom stereocenters. The number of fused-ring (bicyclic) bond motifs is 2. The highest BCUT2D eigenvalue weighted by molar-refractivity contribution is 4.93. The number of rotatable bonds is 22. The largest absolute Gasteiger partial charge is 0.384 e. The van der Waals surface area contributed by atoms with Crippen molar-refractivity contribution in [1.82, 2.24) is 0 Å². The lowest BCUT2D eigenvalue weighted by Gasteiger charge is -2.34. The Morgan fingerprint density at radius 2 is 1.16 bits per heavy atom. The van der Waals surface area contributed by atoms with Gasteiger partial charge in [-0.3, -0.25) is 0 Å². The Kier molecular flexibility index (Phi) is 38.7. The maximum Gasteiger partial charge on any atom is 0.181 e. The van der Waals surface area contributed by atoms with Gasteiger partial charge in [-0.2, -0.15) is 0 Å². The van der Waals surface area contributed by atoms with E-state index in [2.05, 4.69) is 62.3 Å². The number of epoxide rings is 3. The molecular weight excluding hydrogens is 933 g/mol. The topological polar surface area (TPSA) is 139 Å². The van der Waals surface area contributed by atoms with Crippen LogP contribution in [-0.2, 0) is 66.3 Å². The van der Waals surface area contributed by atoms with E-state index < -0.39 is 0 Å². The summed E-state index contributed by atoms with van der Waals surface area (Å²) in [6.07, 6.45) is 29.3. The number of unbranched alkanes of at least 4 members (excludes halogenated alkanes) is 3. The lowest BCUT2D eigenvalue weighted by Crippen LogP contribution is -2.40.